The van der Waals surface area contributed by atoms with Crippen LogP contribution >= 0.6 is 0 Å². The van der Waals surface area contributed by atoms with E-state index in [0.717, 1.165) is 0 Å². The summed E-state index contributed by atoms with van der Waals surface area (Å²) in [4.78, 5) is 11.6. The van der Waals surface area contributed by atoms with Crippen molar-refractivity contribution in [3.05, 3.63) is 35.7 Å². The number of aromatic nitrogens is 2. The zero-order valence-corrected chi connectivity index (χ0v) is 11.8. The van der Waals surface area contributed by atoms with E-state index in [1.54, 1.807) is 19.9 Å². The predicted octanol–water partition coefficient (Wildman–Crippen LogP) is 1.77. The van der Waals surface area contributed by atoms with Gasteiger partial charge in [0.15, 0.2) is 5.78 Å². The van der Waals surface area contributed by atoms with E-state index in [4.69, 9.17) is 4.42 Å². The van der Waals surface area contributed by atoms with Gasteiger partial charge in [-0.2, -0.15) is 0 Å². The van der Waals surface area contributed by atoms with E-state index in [1.165, 1.54) is 18.2 Å². The lowest BCUT2D eigenvalue weighted by Crippen LogP contribution is -2.14. The average molecular weight is 295 g/mol. The third-order valence-electron chi connectivity index (χ3n) is 2.54. The smallest absolute Gasteiger partial charge is 0.329 e. The summed E-state index contributed by atoms with van der Waals surface area (Å²) in [6.45, 7) is 3.26. The van der Waals surface area contributed by atoms with Gasteiger partial charge in [-0.1, -0.05) is 24.2 Å². The lowest BCUT2D eigenvalue weighted by atomic mass is 10.1. The lowest BCUT2D eigenvalue weighted by molar-refractivity contribution is 0.0988. The molecule has 0 amide bonds. The van der Waals surface area contributed by atoms with Gasteiger partial charge in [-0.25, -0.2) is 13.1 Å². The van der Waals surface area contributed by atoms with E-state index in [-0.39, 0.29) is 22.6 Å². The first kappa shape index (κ1) is 14.2. The highest BCUT2D eigenvalue weighted by Crippen LogP contribution is 2.17. The second-order valence-electron chi connectivity index (χ2n) is 4.04. The number of carbonyl (C=O) groups excluding carboxylic acids is 1. The number of hydrogen-bond donors (Lipinski definition) is 1. The fourth-order valence-corrected chi connectivity index (χ4v) is 2.52. The van der Waals surface area contributed by atoms with Crippen LogP contribution in [0.2, 0.25) is 0 Å². The number of ketones is 1. The number of carbonyl (C=O) groups is 1. The molecule has 0 saturated heterocycles. The van der Waals surface area contributed by atoms with Crippen LogP contribution in [0, 0.1) is 6.92 Å². The van der Waals surface area contributed by atoms with Crippen molar-refractivity contribution in [2.45, 2.75) is 25.2 Å². The Kier molecular flexibility index (Phi) is 3.84. The molecule has 1 N–H and O–H groups in total. The van der Waals surface area contributed by atoms with Crippen LogP contribution in [0.15, 0.2) is 33.6 Å². The van der Waals surface area contributed by atoms with Gasteiger partial charge in [0.2, 0.25) is 5.89 Å². The second kappa shape index (κ2) is 5.41. The quantitative estimate of drug-likeness (QED) is 0.843. The Bertz CT molecular complexity index is 737. The molecule has 1 heterocycles. The first-order valence-corrected chi connectivity index (χ1v) is 7.37. The van der Waals surface area contributed by atoms with Crippen molar-refractivity contribution in [1.82, 2.24) is 10.2 Å². The molecule has 2 aromatic rings. The normalized spacial score (nSPS) is 11.3. The molecule has 0 saturated carbocycles. The number of nitrogens with one attached hydrogen (secondary N) is 1. The van der Waals surface area contributed by atoms with Crippen LogP contribution in [0.5, 0.6) is 0 Å². The Morgan fingerprint density at radius 1 is 1.35 bits per heavy atom. The zero-order chi connectivity index (χ0) is 14.8. The molecule has 7 nitrogen and oxygen atoms in total. The van der Waals surface area contributed by atoms with Gasteiger partial charge >= 0.3 is 6.01 Å². The van der Waals surface area contributed by atoms with Crippen LogP contribution < -0.4 is 4.72 Å². The number of anilines is 1. The van der Waals surface area contributed by atoms with Gasteiger partial charge in [-0.05, 0) is 12.1 Å². The fourth-order valence-electron chi connectivity index (χ4n) is 1.55. The van der Waals surface area contributed by atoms with Gasteiger partial charge in [0, 0.05) is 18.9 Å². The maximum absolute atomic E-state index is 12.1. The van der Waals surface area contributed by atoms with Crippen LogP contribution in [0.1, 0.15) is 29.6 Å². The second-order valence-corrected chi connectivity index (χ2v) is 5.72. The molecule has 0 unspecified atom stereocenters. The molecule has 0 spiro atoms. The van der Waals surface area contributed by atoms with Crippen molar-refractivity contribution in [2.24, 2.45) is 0 Å². The Balaban J connectivity index is 2.32. The topological polar surface area (TPSA) is 102 Å². The highest BCUT2D eigenvalue weighted by molar-refractivity contribution is 7.92. The Hall–Kier alpha value is -2.22. The van der Waals surface area contributed by atoms with Gasteiger partial charge in [0.25, 0.3) is 10.0 Å². The van der Waals surface area contributed by atoms with Crippen LogP contribution in [-0.4, -0.2) is 24.4 Å². The van der Waals surface area contributed by atoms with Crippen molar-refractivity contribution in [2.75, 3.05) is 4.72 Å². The summed E-state index contributed by atoms with van der Waals surface area (Å²) in [5.41, 5.74) is 0.345. The Morgan fingerprint density at radius 3 is 2.70 bits per heavy atom. The number of sulfonamides is 1. The molecule has 0 aliphatic heterocycles. The minimum atomic E-state index is -3.86. The fraction of sp³-hybridized carbons (Fsp3) is 0.250. The van der Waals surface area contributed by atoms with Gasteiger partial charge in [0.05, 0.1) is 4.90 Å². The third-order valence-corrected chi connectivity index (χ3v) is 3.85. The van der Waals surface area contributed by atoms with Gasteiger partial charge < -0.3 is 4.42 Å². The van der Waals surface area contributed by atoms with Crippen molar-refractivity contribution < 1.29 is 17.6 Å². The summed E-state index contributed by atoms with van der Waals surface area (Å²) in [5, 5.41) is 7.08. The van der Waals surface area contributed by atoms with Crippen LogP contribution in [0.3, 0.4) is 0 Å². The standard InChI is InChI=1S/C12H13N3O4S/c1-3-11(16)9-5-4-6-10(7-9)20(17,18)15-12-14-13-8(2)19-12/h4-7H,3H2,1-2H3,(H,14,15). The SMILES string of the molecule is CCC(=O)c1cccc(S(=O)(=O)Nc2nnc(C)o2)c1. The minimum Gasteiger partial charge on any atom is -0.408 e. The molecular formula is C12H13N3O4S. The van der Waals surface area contributed by atoms with E-state index >= 15 is 0 Å². The molecule has 0 atom stereocenters. The summed E-state index contributed by atoms with van der Waals surface area (Å²) in [5.74, 6) is 0.119. The van der Waals surface area contributed by atoms with Crippen molar-refractivity contribution in [3.63, 3.8) is 0 Å². The largest absolute Gasteiger partial charge is 0.408 e. The molecule has 106 valence electrons. The summed E-state index contributed by atoms with van der Waals surface area (Å²) in [6, 6.07) is 5.57. The van der Waals surface area contributed by atoms with E-state index < -0.39 is 10.0 Å². The molecule has 0 fully saturated rings. The maximum atomic E-state index is 12.1. The Labute approximate surface area is 116 Å². The third kappa shape index (κ3) is 3.02. The zero-order valence-electron chi connectivity index (χ0n) is 11.0. The van der Waals surface area contributed by atoms with Crippen molar-refractivity contribution in [3.8, 4) is 0 Å². The molecule has 0 aliphatic rings. The van der Waals surface area contributed by atoms with Crippen molar-refractivity contribution >= 4 is 21.8 Å². The van der Waals surface area contributed by atoms with E-state index in [2.05, 4.69) is 14.9 Å². The van der Waals surface area contributed by atoms with E-state index in [9.17, 15) is 13.2 Å². The van der Waals surface area contributed by atoms with Gasteiger partial charge in [0.1, 0.15) is 0 Å². The highest BCUT2D eigenvalue weighted by Gasteiger charge is 2.18. The number of hydrogen-bond acceptors (Lipinski definition) is 6. The molecule has 1 aromatic carbocycles. The van der Waals surface area contributed by atoms with Gasteiger partial charge in [-0.3, -0.25) is 4.79 Å². The van der Waals surface area contributed by atoms with Gasteiger partial charge in [-0.15, -0.1) is 5.10 Å². The van der Waals surface area contributed by atoms with Crippen molar-refractivity contribution in [1.29, 1.82) is 0 Å². The monoisotopic (exact) mass is 295 g/mol. The number of Topliss-reactive ketones (excluding diaryl/α,β-unsaturated/α-hetero) is 1. The molecule has 20 heavy (non-hydrogen) atoms. The molecule has 1 aromatic heterocycles. The van der Waals surface area contributed by atoms with E-state index in [0.29, 0.717) is 12.0 Å². The number of aryl methyl sites for hydroxylation is 1. The number of rotatable bonds is 5. The van der Waals surface area contributed by atoms with E-state index in [1.807, 2.05) is 0 Å². The average Bonchev–Trinajstić information content (AvgIpc) is 2.82. The minimum absolute atomic E-state index is 0.0346. The summed E-state index contributed by atoms with van der Waals surface area (Å²) in [7, 11) is -3.86. The molecule has 0 aliphatic carbocycles. The number of nitrogens with zero attached hydrogens (tertiary/aromatic N) is 2. The predicted molar refractivity (Wildman–Crippen MR) is 70.9 cm³/mol. The first-order chi connectivity index (χ1) is 9.42. The Morgan fingerprint density at radius 2 is 2.10 bits per heavy atom. The summed E-state index contributed by atoms with van der Waals surface area (Å²) < 4.78 is 31.4. The highest BCUT2D eigenvalue weighted by atomic mass is 32.2. The summed E-state index contributed by atoms with van der Waals surface area (Å²) in [6.07, 6.45) is 0.305. The molecule has 8 heteroatoms. The van der Waals surface area contributed by atoms with Crippen LogP contribution in [-0.2, 0) is 10.0 Å². The van der Waals surface area contributed by atoms with Crippen LogP contribution in [0.4, 0.5) is 6.01 Å². The molecule has 0 bridgehead atoms. The molecule has 0 radical (unpaired) electrons. The van der Waals surface area contributed by atoms with Crippen LogP contribution in [0.25, 0.3) is 0 Å². The number of benzene rings is 1. The lowest BCUT2D eigenvalue weighted by Gasteiger charge is -2.05. The summed E-state index contributed by atoms with van der Waals surface area (Å²) >= 11 is 0. The first-order valence-electron chi connectivity index (χ1n) is 5.88. The molecule has 2 rings (SSSR count). The molecular weight excluding hydrogens is 282 g/mol. The maximum Gasteiger partial charge on any atom is 0.329 e.